The number of rotatable bonds is 1. The third-order valence-electron chi connectivity index (χ3n) is 1.33. The number of hydrogen-bond acceptors (Lipinski definition) is 2. The van der Waals surface area contributed by atoms with Gasteiger partial charge in [-0.2, -0.15) is 5.26 Å². The third kappa shape index (κ3) is 1.63. The summed E-state index contributed by atoms with van der Waals surface area (Å²) in [5.74, 6) is -1.09. The zero-order valence-electron chi connectivity index (χ0n) is 5.91. The molecule has 4 heteroatoms. The Bertz CT molecular complexity index is 368. The van der Waals surface area contributed by atoms with Crippen LogP contribution >= 0.6 is 15.9 Å². The number of carbonyl (C=O) groups is 1. The lowest BCUT2D eigenvalue weighted by Crippen LogP contribution is -1.99. The lowest BCUT2D eigenvalue weighted by Gasteiger charge is -1.97. The van der Waals surface area contributed by atoms with E-state index >= 15 is 0 Å². The van der Waals surface area contributed by atoms with Gasteiger partial charge in [-0.3, -0.25) is 0 Å². The SMILES string of the molecule is N#Cc1ccc(Br)cc1C(=O)O. The number of aromatic carboxylic acids is 1. The predicted molar refractivity (Wildman–Crippen MR) is 45.8 cm³/mol. The summed E-state index contributed by atoms with van der Waals surface area (Å²) in [4.78, 5) is 10.6. The average Bonchev–Trinajstić information content (AvgIpc) is 2.04. The topological polar surface area (TPSA) is 61.1 Å². The maximum Gasteiger partial charge on any atom is 0.337 e. The predicted octanol–water partition coefficient (Wildman–Crippen LogP) is 2.02. The highest BCUT2D eigenvalue weighted by atomic mass is 79.9. The van der Waals surface area contributed by atoms with Crippen molar-refractivity contribution in [1.82, 2.24) is 0 Å². The molecule has 0 heterocycles. The molecule has 0 aliphatic rings. The first-order valence-corrected chi connectivity index (χ1v) is 3.87. The van der Waals surface area contributed by atoms with Crippen molar-refractivity contribution in [2.45, 2.75) is 0 Å². The quantitative estimate of drug-likeness (QED) is 0.796. The molecule has 0 amide bonds. The third-order valence-corrected chi connectivity index (χ3v) is 1.83. The molecule has 0 atom stereocenters. The first kappa shape index (κ1) is 8.75. The number of benzene rings is 1. The molecular weight excluding hydrogens is 222 g/mol. The Balaban J connectivity index is 3.34. The van der Waals surface area contributed by atoms with E-state index in [0.29, 0.717) is 4.47 Å². The lowest BCUT2D eigenvalue weighted by molar-refractivity contribution is 0.0696. The van der Waals surface area contributed by atoms with Gasteiger partial charge in [0.1, 0.15) is 6.07 Å². The van der Waals surface area contributed by atoms with Crippen molar-refractivity contribution in [3.63, 3.8) is 0 Å². The highest BCUT2D eigenvalue weighted by Crippen LogP contribution is 2.15. The van der Waals surface area contributed by atoms with Crippen LogP contribution in [-0.4, -0.2) is 11.1 Å². The van der Waals surface area contributed by atoms with Gasteiger partial charge in [0.05, 0.1) is 11.1 Å². The van der Waals surface area contributed by atoms with Gasteiger partial charge in [0.2, 0.25) is 0 Å². The first-order chi connectivity index (χ1) is 5.65. The molecule has 0 aliphatic heterocycles. The molecule has 0 saturated carbocycles. The minimum Gasteiger partial charge on any atom is -0.478 e. The smallest absolute Gasteiger partial charge is 0.337 e. The van der Waals surface area contributed by atoms with E-state index in [9.17, 15) is 4.79 Å². The number of carboxylic acid groups (broad SMARTS) is 1. The van der Waals surface area contributed by atoms with Crippen LogP contribution in [0.15, 0.2) is 22.7 Å². The summed E-state index contributed by atoms with van der Waals surface area (Å²) in [6.45, 7) is 0. The summed E-state index contributed by atoms with van der Waals surface area (Å²) in [7, 11) is 0. The Labute approximate surface area is 77.4 Å². The Morgan fingerprint density at radius 3 is 2.75 bits per heavy atom. The van der Waals surface area contributed by atoms with E-state index in [0.717, 1.165) is 0 Å². The normalized spacial score (nSPS) is 9.00. The molecule has 0 saturated heterocycles. The van der Waals surface area contributed by atoms with Gasteiger partial charge in [0, 0.05) is 4.47 Å². The molecule has 60 valence electrons. The molecule has 0 radical (unpaired) electrons. The van der Waals surface area contributed by atoms with E-state index < -0.39 is 5.97 Å². The maximum atomic E-state index is 10.6. The van der Waals surface area contributed by atoms with Gasteiger partial charge >= 0.3 is 5.97 Å². The zero-order valence-corrected chi connectivity index (χ0v) is 7.50. The fourth-order valence-electron chi connectivity index (χ4n) is 0.791. The number of hydrogen-bond donors (Lipinski definition) is 1. The largest absolute Gasteiger partial charge is 0.478 e. The molecular formula is C8H4BrNO2. The van der Waals surface area contributed by atoms with Crippen molar-refractivity contribution in [1.29, 1.82) is 5.26 Å². The molecule has 1 rings (SSSR count). The Morgan fingerprint density at radius 1 is 1.58 bits per heavy atom. The van der Waals surface area contributed by atoms with Crippen LogP contribution in [0.5, 0.6) is 0 Å². The van der Waals surface area contributed by atoms with Crippen LogP contribution in [0.3, 0.4) is 0 Å². The van der Waals surface area contributed by atoms with Crippen LogP contribution in [0.2, 0.25) is 0 Å². The molecule has 1 N–H and O–H groups in total. The van der Waals surface area contributed by atoms with Crippen molar-refractivity contribution < 1.29 is 9.90 Å². The van der Waals surface area contributed by atoms with Crippen LogP contribution < -0.4 is 0 Å². The van der Waals surface area contributed by atoms with Gasteiger partial charge < -0.3 is 5.11 Å². The van der Waals surface area contributed by atoms with Gasteiger partial charge in [0.15, 0.2) is 0 Å². The summed E-state index contributed by atoms with van der Waals surface area (Å²) in [6, 6.07) is 6.30. The number of nitriles is 1. The minimum atomic E-state index is -1.09. The summed E-state index contributed by atoms with van der Waals surface area (Å²) < 4.78 is 0.652. The Kier molecular flexibility index (Phi) is 2.46. The first-order valence-electron chi connectivity index (χ1n) is 3.08. The van der Waals surface area contributed by atoms with Crippen molar-refractivity contribution in [3.8, 4) is 6.07 Å². The summed E-state index contributed by atoms with van der Waals surface area (Å²) >= 11 is 3.12. The van der Waals surface area contributed by atoms with Crippen LogP contribution in [0.4, 0.5) is 0 Å². The maximum absolute atomic E-state index is 10.6. The second-order valence-corrected chi connectivity index (χ2v) is 3.02. The highest BCUT2D eigenvalue weighted by Gasteiger charge is 2.09. The molecule has 0 spiro atoms. The van der Waals surface area contributed by atoms with Gasteiger partial charge in [0.25, 0.3) is 0 Å². The molecule has 0 bridgehead atoms. The lowest BCUT2D eigenvalue weighted by atomic mass is 10.1. The van der Waals surface area contributed by atoms with Crippen LogP contribution in [0.25, 0.3) is 0 Å². The number of carboxylic acids is 1. The second kappa shape index (κ2) is 3.37. The second-order valence-electron chi connectivity index (χ2n) is 2.11. The molecule has 1 aromatic carbocycles. The van der Waals surface area contributed by atoms with Crippen molar-refractivity contribution in [3.05, 3.63) is 33.8 Å². The fraction of sp³-hybridized carbons (Fsp3) is 0. The van der Waals surface area contributed by atoms with E-state index in [1.165, 1.54) is 12.1 Å². The summed E-state index contributed by atoms with van der Waals surface area (Å²) in [5, 5.41) is 17.2. The van der Waals surface area contributed by atoms with E-state index in [-0.39, 0.29) is 11.1 Å². The monoisotopic (exact) mass is 225 g/mol. The average molecular weight is 226 g/mol. The molecule has 0 fully saturated rings. The van der Waals surface area contributed by atoms with Crippen LogP contribution in [-0.2, 0) is 0 Å². The minimum absolute atomic E-state index is 0.0203. The van der Waals surface area contributed by atoms with E-state index in [1.807, 2.05) is 0 Å². The van der Waals surface area contributed by atoms with E-state index in [4.69, 9.17) is 10.4 Å². The standard InChI is InChI=1S/C8H4BrNO2/c9-6-2-1-5(4-10)7(3-6)8(11)12/h1-3H,(H,11,12). The van der Waals surface area contributed by atoms with Gasteiger partial charge in [-0.15, -0.1) is 0 Å². The zero-order chi connectivity index (χ0) is 9.14. The van der Waals surface area contributed by atoms with Gasteiger partial charge in [-0.05, 0) is 18.2 Å². The van der Waals surface area contributed by atoms with Crippen LogP contribution in [0.1, 0.15) is 15.9 Å². The van der Waals surface area contributed by atoms with Gasteiger partial charge in [-0.1, -0.05) is 15.9 Å². The molecule has 3 nitrogen and oxygen atoms in total. The molecule has 0 unspecified atom stereocenters. The van der Waals surface area contributed by atoms with Crippen molar-refractivity contribution in [2.24, 2.45) is 0 Å². The summed E-state index contributed by atoms with van der Waals surface area (Å²) in [5.41, 5.74) is 0.192. The molecule has 0 aromatic heterocycles. The van der Waals surface area contributed by atoms with E-state index in [1.54, 1.807) is 12.1 Å². The number of nitrogens with zero attached hydrogens (tertiary/aromatic N) is 1. The number of halogens is 1. The van der Waals surface area contributed by atoms with Crippen molar-refractivity contribution in [2.75, 3.05) is 0 Å². The molecule has 12 heavy (non-hydrogen) atoms. The van der Waals surface area contributed by atoms with Crippen LogP contribution in [0, 0.1) is 11.3 Å². The molecule has 1 aromatic rings. The summed E-state index contributed by atoms with van der Waals surface area (Å²) in [6.07, 6.45) is 0. The Hall–Kier alpha value is -1.34. The Morgan fingerprint density at radius 2 is 2.25 bits per heavy atom. The van der Waals surface area contributed by atoms with E-state index in [2.05, 4.69) is 15.9 Å². The van der Waals surface area contributed by atoms with Gasteiger partial charge in [-0.25, -0.2) is 4.79 Å². The fourth-order valence-corrected chi connectivity index (χ4v) is 1.15. The highest BCUT2D eigenvalue weighted by molar-refractivity contribution is 9.10. The molecule has 0 aliphatic carbocycles. The van der Waals surface area contributed by atoms with Crippen molar-refractivity contribution >= 4 is 21.9 Å².